The SMILES string of the molecule is COC(=O)c1ccc(-n2c(=O)oc3ccccc32)cc1C(=O)OC. The van der Waals surface area contributed by atoms with Gasteiger partial charge in [0.1, 0.15) is 0 Å². The van der Waals surface area contributed by atoms with Gasteiger partial charge < -0.3 is 13.9 Å². The van der Waals surface area contributed by atoms with Crippen molar-refractivity contribution < 1.29 is 23.5 Å². The Bertz CT molecular complexity index is 998. The summed E-state index contributed by atoms with van der Waals surface area (Å²) in [5.41, 5.74) is 1.38. The van der Waals surface area contributed by atoms with E-state index in [0.717, 1.165) is 0 Å². The summed E-state index contributed by atoms with van der Waals surface area (Å²) in [5, 5.41) is 0. The van der Waals surface area contributed by atoms with Crippen LogP contribution in [0.25, 0.3) is 16.8 Å². The molecular weight excluding hydrogens is 314 g/mol. The first-order chi connectivity index (χ1) is 11.6. The highest BCUT2D eigenvalue weighted by Gasteiger charge is 2.20. The fourth-order valence-corrected chi connectivity index (χ4v) is 2.45. The Hall–Kier alpha value is -3.35. The van der Waals surface area contributed by atoms with Gasteiger partial charge in [-0.2, -0.15) is 0 Å². The van der Waals surface area contributed by atoms with E-state index in [4.69, 9.17) is 9.15 Å². The number of carbonyl (C=O) groups is 2. The van der Waals surface area contributed by atoms with Gasteiger partial charge in [0.05, 0.1) is 36.6 Å². The molecule has 0 spiro atoms. The lowest BCUT2D eigenvalue weighted by molar-refractivity contribution is 0.0555. The predicted molar refractivity (Wildman–Crippen MR) is 84.5 cm³/mol. The molecule has 1 heterocycles. The van der Waals surface area contributed by atoms with Crippen LogP contribution in [0.1, 0.15) is 20.7 Å². The number of esters is 2. The largest absolute Gasteiger partial charge is 0.465 e. The summed E-state index contributed by atoms with van der Waals surface area (Å²) >= 11 is 0. The second kappa shape index (κ2) is 6.04. The molecule has 0 aliphatic heterocycles. The Balaban J connectivity index is 2.25. The van der Waals surface area contributed by atoms with E-state index < -0.39 is 17.7 Å². The molecule has 24 heavy (non-hydrogen) atoms. The monoisotopic (exact) mass is 327 g/mol. The summed E-state index contributed by atoms with van der Waals surface area (Å²) in [4.78, 5) is 36.0. The number of para-hydroxylation sites is 2. The molecule has 0 unspecified atom stereocenters. The number of rotatable bonds is 3. The quantitative estimate of drug-likeness (QED) is 0.685. The van der Waals surface area contributed by atoms with E-state index in [-0.39, 0.29) is 11.1 Å². The Labute approximate surface area is 136 Å². The highest BCUT2D eigenvalue weighted by Crippen LogP contribution is 2.21. The van der Waals surface area contributed by atoms with Gasteiger partial charge >= 0.3 is 17.7 Å². The first-order valence-electron chi connectivity index (χ1n) is 6.98. The maximum atomic E-state index is 12.2. The number of hydrogen-bond acceptors (Lipinski definition) is 6. The Morgan fingerprint density at radius 2 is 1.62 bits per heavy atom. The number of nitrogens with zero attached hydrogens (tertiary/aromatic N) is 1. The van der Waals surface area contributed by atoms with Crippen LogP contribution < -0.4 is 5.76 Å². The molecule has 0 bridgehead atoms. The van der Waals surface area contributed by atoms with E-state index in [1.165, 1.54) is 37.0 Å². The van der Waals surface area contributed by atoms with Crippen LogP contribution >= 0.6 is 0 Å². The molecule has 3 aromatic rings. The van der Waals surface area contributed by atoms with Gasteiger partial charge in [0.15, 0.2) is 5.58 Å². The van der Waals surface area contributed by atoms with Crippen LogP contribution in [-0.2, 0) is 9.47 Å². The number of benzene rings is 2. The lowest BCUT2D eigenvalue weighted by Gasteiger charge is -2.09. The van der Waals surface area contributed by atoms with Crippen molar-refractivity contribution in [2.45, 2.75) is 0 Å². The van der Waals surface area contributed by atoms with Gasteiger partial charge in [-0.1, -0.05) is 12.1 Å². The molecule has 122 valence electrons. The van der Waals surface area contributed by atoms with Crippen molar-refractivity contribution in [1.29, 1.82) is 0 Å². The lowest BCUT2D eigenvalue weighted by atomic mass is 10.1. The fourth-order valence-electron chi connectivity index (χ4n) is 2.45. The zero-order valence-corrected chi connectivity index (χ0v) is 12.9. The molecule has 7 nitrogen and oxygen atoms in total. The number of fused-ring (bicyclic) bond motifs is 1. The maximum absolute atomic E-state index is 12.2. The van der Waals surface area contributed by atoms with Crippen LogP contribution in [0.4, 0.5) is 0 Å². The molecule has 2 aromatic carbocycles. The van der Waals surface area contributed by atoms with Gasteiger partial charge in [0, 0.05) is 0 Å². The first kappa shape index (κ1) is 15.5. The molecule has 0 fully saturated rings. The van der Waals surface area contributed by atoms with Crippen LogP contribution in [0.2, 0.25) is 0 Å². The van der Waals surface area contributed by atoms with E-state index in [2.05, 4.69) is 4.74 Å². The lowest BCUT2D eigenvalue weighted by Crippen LogP contribution is -2.16. The number of carbonyl (C=O) groups excluding carboxylic acids is 2. The van der Waals surface area contributed by atoms with Gasteiger partial charge in [0.2, 0.25) is 0 Å². The minimum absolute atomic E-state index is 0.000897. The smallest absolute Gasteiger partial charge is 0.424 e. The van der Waals surface area contributed by atoms with E-state index in [1.54, 1.807) is 24.3 Å². The normalized spacial score (nSPS) is 10.6. The highest BCUT2D eigenvalue weighted by atomic mass is 16.5. The zero-order chi connectivity index (χ0) is 17.3. The summed E-state index contributed by atoms with van der Waals surface area (Å²) in [6, 6.07) is 11.2. The number of hydrogen-bond donors (Lipinski definition) is 0. The molecule has 0 N–H and O–H groups in total. The molecule has 0 aliphatic rings. The average molecular weight is 327 g/mol. The highest BCUT2D eigenvalue weighted by molar-refractivity contribution is 6.03. The summed E-state index contributed by atoms with van der Waals surface area (Å²) in [6.07, 6.45) is 0. The number of oxazole rings is 1. The number of ether oxygens (including phenoxy) is 2. The Morgan fingerprint density at radius 1 is 0.958 bits per heavy atom. The maximum Gasteiger partial charge on any atom is 0.424 e. The van der Waals surface area contributed by atoms with Crippen molar-refractivity contribution in [2.75, 3.05) is 14.2 Å². The second-order valence-corrected chi connectivity index (χ2v) is 4.88. The third-order valence-electron chi connectivity index (χ3n) is 3.56. The third kappa shape index (κ3) is 2.45. The van der Waals surface area contributed by atoms with E-state index >= 15 is 0 Å². The number of aromatic nitrogens is 1. The zero-order valence-electron chi connectivity index (χ0n) is 12.9. The van der Waals surface area contributed by atoms with E-state index in [0.29, 0.717) is 16.8 Å². The van der Waals surface area contributed by atoms with Gasteiger partial charge in [-0.15, -0.1) is 0 Å². The van der Waals surface area contributed by atoms with Crippen molar-refractivity contribution in [3.8, 4) is 5.69 Å². The first-order valence-corrected chi connectivity index (χ1v) is 6.98. The van der Waals surface area contributed by atoms with Crippen molar-refractivity contribution in [3.63, 3.8) is 0 Å². The Morgan fingerprint density at radius 3 is 2.33 bits per heavy atom. The minimum atomic E-state index is -0.710. The molecule has 0 saturated carbocycles. The summed E-state index contributed by atoms with van der Waals surface area (Å²) in [7, 11) is 2.42. The molecule has 0 atom stereocenters. The molecule has 3 rings (SSSR count). The topological polar surface area (TPSA) is 87.7 Å². The van der Waals surface area contributed by atoms with E-state index in [1.807, 2.05) is 0 Å². The average Bonchev–Trinajstić information content (AvgIpc) is 2.95. The van der Waals surface area contributed by atoms with Crippen molar-refractivity contribution >= 4 is 23.0 Å². The third-order valence-corrected chi connectivity index (χ3v) is 3.56. The summed E-state index contributed by atoms with van der Waals surface area (Å²) in [5.74, 6) is -1.98. The summed E-state index contributed by atoms with van der Waals surface area (Å²) < 4.78 is 15.9. The molecule has 7 heteroatoms. The minimum Gasteiger partial charge on any atom is -0.465 e. The molecule has 0 amide bonds. The van der Waals surface area contributed by atoms with Crippen LogP contribution in [0.15, 0.2) is 51.7 Å². The second-order valence-electron chi connectivity index (χ2n) is 4.88. The molecule has 1 aromatic heterocycles. The standard InChI is InChI=1S/C17H13NO6/c1-22-15(19)11-8-7-10(9-12(11)16(20)23-2)18-13-5-3-4-6-14(13)24-17(18)21/h3-9H,1-2H3. The van der Waals surface area contributed by atoms with Crippen LogP contribution in [0.3, 0.4) is 0 Å². The van der Waals surface area contributed by atoms with Crippen molar-refractivity contribution in [3.05, 3.63) is 64.1 Å². The molecule has 0 aliphatic carbocycles. The van der Waals surface area contributed by atoms with Crippen molar-refractivity contribution in [2.24, 2.45) is 0 Å². The predicted octanol–water partition coefficient (Wildman–Crippen LogP) is 2.16. The molecule has 0 radical (unpaired) electrons. The Kier molecular flexibility index (Phi) is 3.91. The van der Waals surface area contributed by atoms with Crippen LogP contribution in [0, 0.1) is 0 Å². The van der Waals surface area contributed by atoms with Crippen molar-refractivity contribution in [1.82, 2.24) is 4.57 Å². The van der Waals surface area contributed by atoms with Gasteiger partial charge in [-0.25, -0.2) is 19.0 Å². The van der Waals surface area contributed by atoms with Crippen LogP contribution in [-0.4, -0.2) is 30.7 Å². The van der Waals surface area contributed by atoms with Crippen LogP contribution in [0.5, 0.6) is 0 Å². The van der Waals surface area contributed by atoms with E-state index in [9.17, 15) is 14.4 Å². The fraction of sp³-hybridized carbons (Fsp3) is 0.118. The number of methoxy groups -OCH3 is 2. The van der Waals surface area contributed by atoms with Gasteiger partial charge in [0.25, 0.3) is 0 Å². The van der Waals surface area contributed by atoms with Gasteiger partial charge in [-0.3, -0.25) is 0 Å². The summed E-state index contributed by atoms with van der Waals surface area (Å²) in [6.45, 7) is 0. The molecular formula is C17H13NO6. The van der Waals surface area contributed by atoms with Gasteiger partial charge in [-0.05, 0) is 30.3 Å². The molecule has 0 saturated heterocycles.